The molecule has 2 amide bonds. The predicted octanol–water partition coefficient (Wildman–Crippen LogP) is 9.17. The van der Waals surface area contributed by atoms with E-state index in [0.717, 1.165) is 24.3 Å². The number of benzene rings is 8. The smallest absolute Gasteiger partial charge is 0.323 e. The lowest BCUT2D eigenvalue weighted by Crippen LogP contribution is -2.19. The number of aromatic hydroxyl groups is 2. The predicted molar refractivity (Wildman–Crippen MR) is 239 cm³/mol. The summed E-state index contributed by atoms with van der Waals surface area (Å²) < 4.78 is 135. The zero-order chi connectivity index (χ0) is 47.5. The molecule has 8 aromatic carbocycles. The van der Waals surface area contributed by atoms with Gasteiger partial charge in [0.1, 0.15) is 21.2 Å². The summed E-state index contributed by atoms with van der Waals surface area (Å²) in [7, 11) is -19.0. The maximum absolute atomic E-state index is 13.1. The standard InChI is InChI=1S/C41H28N6O15S4/c48-39-33-11-7-27(15-25(33)19-35(65(57,58)59)37(39)46-44-29-5-1-23-17-31(63(51,52)53)9-3-21(23)13-29)42-41(50)43-28-8-12-34-26(16-28)20-36(66(60,61)62)38(40(34)49)47-45-30-6-2-24-18-32(64(54,55)56)10-4-22(24)14-30/h1-20,48-49H,(H2,42,43,50)(H,51,52,53)(H,54,55,56)(H,57,58,59)(H,60,61,62). The Balaban J connectivity index is 1.03. The molecule has 21 nitrogen and oxygen atoms in total. The van der Waals surface area contributed by atoms with Gasteiger partial charge in [0, 0.05) is 22.1 Å². The molecule has 0 heterocycles. The first-order chi connectivity index (χ1) is 30.9. The number of azo groups is 2. The number of phenols is 2. The maximum Gasteiger partial charge on any atom is 0.323 e. The lowest BCUT2D eigenvalue weighted by Gasteiger charge is -2.13. The van der Waals surface area contributed by atoms with Gasteiger partial charge in [0.25, 0.3) is 40.5 Å². The largest absolute Gasteiger partial charge is 0.505 e. The summed E-state index contributed by atoms with van der Waals surface area (Å²) in [4.78, 5) is 10.8. The lowest BCUT2D eigenvalue weighted by molar-refractivity contribution is 0.262. The molecule has 8 aromatic rings. The number of urea groups is 1. The Labute approximate surface area is 372 Å². The average molecular weight is 973 g/mol. The van der Waals surface area contributed by atoms with Crippen LogP contribution >= 0.6 is 0 Å². The molecule has 0 aliphatic carbocycles. The zero-order valence-corrected chi connectivity index (χ0v) is 36.1. The van der Waals surface area contributed by atoms with Crippen molar-refractivity contribution < 1.29 is 66.9 Å². The van der Waals surface area contributed by atoms with E-state index in [9.17, 15) is 66.9 Å². The molecule has 0 unspecified atom stereocenters. The second kappa shape index (κ2) is 16.5. The number of nitrogens with zero attached hydrogens (tertiary/aromatic N) is 4. The summed E-state index contributed by atoms with van der Waals surface area (Å²) in [5.41, 5.74) is -0.812. The van der Waals surface area contributed by atoms with Gasteiger partial charge >= 0.3 is 6.03 Å². The minimum absolute atomic E-state index is 0.0268. The maximum atomic E-state index is 13.1. The molecule has 66 heavy (non-hydrogen) atoms. The molecular weight excluding hydrogens is 945 g/mol. The van der Waals surface area contributed by atoms with E-state index in [-0.39, 0.29) is 54.1 Å². The van der Waals surface area contributed by atoms with Gasteiger partial charge in [-0.25, -0.2) is 4.79 Å². The highest BCUT2D eigenvalue weighted by Crippen LogP contribution is 2.44. The summed E-state index contributed by atoms with van der Waals surface area (Å²) >= 11 is 0. The highest BCUT2D eigenvalue weighted by Gasteiger charge is 2.24. The number of hydrogen-bond donors (Lipinski definition) is 8. The first-order valence-corrected chi connectivity index (χ1v) is 24.2. The van der Waals surface area contributed by atoms with Crippen molar-refractivity contribution in [3.05, 3.63) is 121 Å². The second-order valence-corrected chi connectivity index (χ2v) is 19.9. The monoisotopic (exact) mass is 972 g/mol. The van der Waals surface area contributed by atoms with Gasteiger partial charge in [-0.1, -0.05) is 24.3 Å². The van der Waals surface area contributed by atoms with E-state index in [0.29, 0.717) is 21.5 Å². The highest BCUT2D eigenvalue weighted by atomic mass is 32.2. The number of anilines is 2. The molecule has 336 valence electrons. The minimum Gasteiger partial charge on any atom is -0.505 e. The average Bonchev–Trinajstić information content (AvgIpc) is 3.23. The molecule has 0 aliphatic rings. The fourth-order valence-electron chi connectivity index (χ4n) is 6.82. The van der Waals surface area contributed by atoms with Crippen LogP contribution in [0.25, 0.3) is 43.1 Å². The first-order valence-electron chi connectivity index (χ1n) is 18.4. The van der Waals surface area contributed by atoms with E-state index in [1.165, 1.54) is 97.1 Å². The molecular formula is C41H28N6O15S4. The molecule has 0 radical (unpaired) electrons. The number of nitrogens with one attached hydrogen (secondary N) is 2. The third kappa shape index (κ3) is 9.34. The topological polar surface area (TPSA) is 349 Å². The van der Waals surface area contributed by atoms with Crippen molar-refractivity contribution in [2.75, 3.05) is 10.6 Å². The zero-order valence-electron chi connectivity index (χ0n) is 32.8. The van der Waals surface area contributed by atoms with Crippen LogP contribution in [-0.4, -0.2) is 68.1 Å². The van der Waals surface area contributed by atoms with Crippen LogP contribution in [0.15, 0.2) is 161 Å². The molecule has 0 bridgehead atoms. The second-order valence-electron chi connectivity index (χ2n) is 14.3. The number of hydrogen-bond acceptors (Lipinski definition) is 15. The van der Waals surface area contributed by atoms with Crippen LogP contribution in [-0.2, 0) is 40.5 Å². The van der Waals surface area contributed by atoms with Crippen molar-refractivity contribution in [1.29, 1.82) is 0 Å². The van der Waals surface area contributed by atoms with Crippen molar-refractivity contribution in [1.82, 2.24) is 0 Å². The van der Waals surface area contributed by atoms with Crippen molar-refractivity contribution in [3.63, 3.8) is 0 Å². The lowest BCUT2D eigenvalue weighted by atomic mass is 10.1. The van der Waals surface area contributed by atoms with E-state index >= 15 is 0 Å². The van der Waals surface area contributed by atoms with Gasteiger partial charge in [0.05, 0.1) is 21.2 Å². The Bertz CT molecular complexity index is 3690. The number of fused-ring (bicyclic) bond motifs is 4. The first kappa shape index (κ1) is 45.1. The minimum atomic E-state index is -5.04. The van der Waals surface area contributed by atoms with Crippen molar-refractivity contribution in [2.24, 2.45) is 20.5 Å². The van der Waals surface area contributed by atoms with Crippen LogP contribution in [0.5, 0.6) is 11.5 Å². The van der Waals surface area contributed by atoms with Gasteiger partial charge in [0.15, 0.2) is 11.5 Å². The van der Waals surface area contributed by atoms with Crippen LogP contribution in [0, 0.1) is 0 Å². The molecule has 8 N–H and O–H groups in total. The van der Waals surface area contributed by atoms with Gasteiger partial charge in [-0.05, 0) is 129 Å². The number of carbonyl (C=O) groups is 1. The number of amides is 2. The van der Waals surface area contributed by atoms with Crippen LogP contribution in [0.2, 0.25) is 0 Å². The number of rotatable bonds is 10. The third-order valence-corrected chi connectivity index (χ3v) is 13.3. The van der Waals surface area contributed by atoms with Crippen LogP contribution in [0.3, 0.4) is 0 Å². The Morgan fingerprint density at radius 2 is 0.758 bits per heavy atom. The van der Waals surface area contributed by atoms with Crippen molar-refractivity contribution >= 4 is 124 Å². The van der Waals surface area contributed by atoms with Crippen molar-refractivity contribution in [3.8, 4) is 11.5 Å². The third-order valence-electron chi connectivity index (χ3n) is 9.89. The number of carbonyl (C=O) groups excluding carboxylic acids is 1. The molecule has 0 aliphatic heterocycles. The normalized spacial score (nSPS) is 12.8. The van der Waals surface area contributed by atoms with Gasteiger partial charge in [-0.15, -0.1) is 10.2 Å². The highest BCUT2D eigenvalue weighted by molar-refractivity contribution is 7.86. The van der Waals surface area contributed by atoms with E-state index in [1.807, 2.05) is 0 Å². The van der Waals surface area contributed by atoms with Crippen LogP contribution < -0.4 is 10.6 Å². The van der Waals surface area contributed by atoms with Crippen molar-refractivity contribution in [2.45, 2.75) is 19.6 Å². The Kier molecular flexibility index (Phi) is 11.3. The molecule has 0 aromatic heterocycles. The van der Waals surface area contributed by atoms with Gasteiger partial charge < -0.3 is 20.8 Å². The molecule has 0 atom stereocenters. The summed E-state index contributed by atoms with van der Waals surface area (Å²) in [5.74, 6) is -1.39. The van der Waals surface area contributed by atoms with Crippen LogP contribution in [0.4, 0.5) is 38.9 Å². The molecule has 25 heteroatoms. The fraction of sp³-hybridized carbons (Fsp3) is 0. The molecule has 0 fully saturated rings. The van der Waals surface area contributed by atoms with Crippen LogP contribution in [0.1, 0.15) is 0 Å². The summed E-state index contributed by atoms with van der Waals surface area (Å²) in [6, 6.07) is 25.3. The molecule has 0 saturated heterocycles. The number of phenolic OH excluding ortho intramolecular Hbond substituents is 2. The van der Waals surface area contributed by atoms with Gasteiger partial charge in [-0.2, -0.15) is 43.9 Å². The summed E-state index contributed by atoms with van der Waals surface area (Å²) in [6.45, 7) is 0. The summed E-state index contributed by atoms with van der Waals surface area (Å²) in [6.07, 6.45) is 0. The Morgan fingerprint density at radius 1 is 0.394 bits per heavy atom. The molecule has 8 rings (SSSR count). The van der Waals surface area contributed by atoms with E-state index in [4.69, 9.17) is 0 Å². The van der Waals surface area contributed by atoms with Gasteiger partial charge in [0.2, 0.25) is 0 Å². The van der Waals surface area contributed by atoms with E-state index in [2.05, 4.69) is 31.1 Å². The quantitative estimate of drug-likeness (QED) is 0.0467. The van der Waals surface area contributed by atoms with E-state index in [1.54, 1.807) is 0 Å². The molecule has 0 spiro atoms. The van der Waals surface area contributed by atoms with Gasteiger partial charge in [-0.3, -0.25) is 18.2 Å². The Hall–Kier alpha value is -7.49. The summed E-state index contributed by atoms with van der Waals surface area (Å²) in [5, 5.41) is 45.0. The SMILES string of the molecule is O=C(Nc1ccc2c(O)c(N=Nc3ccc4cc(S(=O)(=O)O)ccc4c3)c(S(=O)(=O)O)cc2c1)Nc1ccc2c(O)c(N=Nc3ccc4cc(S(=O)(=O)O)ccc4c3)c(S(=O)(=O)O)cc2c1. The Morgan fingerprint density at radius 3 is 1.12 bits per heavy atom. The fourth-order valence-corrected chi connectivity index (χ4v) is 9.17. The van der Waals surface area contributed by atoms with E-state index < -0.39 is 79.2 Å². The molecule has 0 saturated carbocycles.